The minimum atomic E-state index is -0.485. The number of amides is 1. The summed E-state index contributed by atoms with van der Waals surface area (Å²) < 4.78 is 6.53. The summed E-state index contributed by atoms with van der Waals surface area (Å²) in [6.07, 6.45) is 5.79. The Balaban J connectivity index is 1.49. The van der Waals surface area contributed by atoms with E-state index in [1.165, 1.54) is 15.8 Å². The van der Waals surface area contributed by atoms with Crippen LogP contribution in [0, 0.1) is 0 Å². The summed E-state index contributed by atoms with van der Waals surface area (Å²) in [5.41, 5.74) is 1.76. The first-order valence-corrected chi connectivity index (χ1v) is 11.0. The molecule has 0 aliphatic heterocycles. The van der Waals surface area contributed by atoms with Crippen molar-refractivity contribution in [2.75, 3.05) is 11.9 Å². The molecule has 1 aliphatic rings. The highest BCUT2D eigenvalue weighted by Crippen LogP contribution is 2.33. The zero-order chi connectivity index (χ0) is 21.1. The molecule has 156 valence electrons. The lowest BCUT2D eigenvalue weighted by atomic mass is 9.97. The standard InChI is InChI=1S/C22H23N3O4S/c1-2-29-22(28)14-7-3-5-9-16(14)24-18(26)11-12-25-13-23-20-19(21(25)27)15-8-4-6-10-17(15)30-20/h3,5,7,9,13H,2,4,6,8,10-12H2,1H3,(H,24,26). The molecular weight excluding hydrogens is 402 g/mol. The van der Waals surface area contributed by atoms with E-state index in [9.17, 15) is 14.4 Å². The first-order valence-electron chi connectivity index (χ1n) is 10.1. The van der Waals surface area contributed by atoms with Gasteiger partial charge in [0.2, 0.25) is 5.91 Å². The number of hydrogen-bond acceptors (Lipinski definition) is 6. The van der Waals surface area contributed by atoms with Crippen molar-refractivity contribution in [1.82, 2.24) is 9.55 Å². The van der Waals surface area contributed by atoms with Crippen LogP contribution in [0.5, 0.6) is 0 Å². The van der Waals surface area contributed by atoms with Gasteiger partial charge in [-0.2, -0.15) is 0 Å². The summed E-state index contributed by atoms with van der Waals surface area (Å²) in [6.45, 7) is 2.21. The van der Waals surface area contributed by atoms with Crippen LogP contribution in [-0.4, -0.2) is 28.0 Å². The highest BCUT2D eigenvalue weighted by Gasteiger charge is 2.20. The second kappa shape index (κ2) is 8.79. The van der Waals surface area contributed by atoms with Gasteiger partial charge in [0, 0.05) is 17.8 Å². The van der Waals surface area contributed by atoms with Crippen molar-refractivity contribution in [2.45, 2.75) is 45.6 Å². The number of aryl methyl sites for hydroxylation is 3. The molecule has 8 heteroatoms. The Morgan fingerprint density at radius 1 is 1.23 bits per heavy atom. The Kier molecular flexibility index (Phi) is 5.94. The Morgan fingerprint density at radius 2 is 2.03 bits per heavy atom. The molecule has 30 heavy (non-hydrogen) atoms. The van der Waals surface area contributed by atoms with E-state index in [1.54, 1.807) is 42.5 Å². The zero-order valence-corrected chi connectivity index (χ0v) is 17.6. The van der Waals surface area contributed by atoms with E-state index < -0.39 is 5.97 Å². The number of para-hydroxylation sites is 1. The number of esters is 1. The van der Waals surface area contributed by atoms with Crippen LogP contribution in [-0.2, 0) is 28.9 Å². The SMILES string of the molecule is CCOC(=O)c1ccccc1NC(=O)CCn1cnc2sc3c(c2c1=O)CCCC3. The van der Waals surface area contributed by atoms with Gasteiger partial charge in [-0.05, 0) is 50.3 Å². The molecule has 1 amide bonds. The fourth-order valence-electron chi connectivity index (χ4n) is 3.75. The highest BCUT2D eigenvalue weighted by atomic mass is 32.1. The van der Waals surface area contributed by atoms with Gasteiger partial charge in [0.15, 0.2) is 0 Å². The summed E-state index contributed by atoms with van der Waals surface area (Å²) >= 11 is 1.61. The lowest BCUT2D eigenvalue weighted by molar-refractivity contribution is -0.116. The summed E-state index contributed by atoms with van der Waals surface area (Å²) in [7, 11) is 0. The van der Waals surface area contributed by atoms with Crippen LogP contribution in [0.15, 0.2) is 35.4 Å². The van der Waals surface area contributed by atoms with Crippen LogP contribution >= 0.6 is 11.3 Å². The largest absolute Gasteiger partial charge is 0.462 e. The molecule has 0 spiro atoms. The number of nitrogens with zero attached hydrogens (tertiary/aromatic N) is 2. The third-order valence-corrected chi connectivity index (χ3v) is 6.42. The topological polar surface area (TPSA) is 90.3 Å². The number of fused-ring (bicyclic) bond motifs is 3. The average molecular weight is 426 g/mol. The van der Waals surface area contributed by atoms with E-state index in [0.717, 1.165) is 36.1 Å². The van der Waals surface area contributed by atoms with Crippen LogP contribution in [0.25, 0.3) is 10.2 Å². The molecule has 0 bridgehead atoms. The van der Waals surface area contributed by atoms with Crippen molar-refractivity contribution < 1.29 is 14.3 Å². The van der Waals surface area contributed by atoms with Crippen LogP contribution in [0.4, 0.5) is 5.69 Å². The Hall–Kier alpha value is -3.00. The summed E-state index contributed by atoms with van der Waals surface area (Å²) in [4.78, 5) is 44.0. The van der Waals surface area contributed by atoms with E-state index in [0.29, 0.717) is 16.6 Å². The van der Waals surface area contributed by atoms with E-state index in [1.807, 2.05) is 0 Å². The normalized spacial score (nSPS) is 13.1. The lowest BCUT2D eigenvalue weighted by Crippen LogP contribution is -2.24. The maximum atomic E-state index is 13.0. The molecule has 0 fully saturated rings. The number of rotatable bonds is 6. The molecule has 7 nitrogen and oxygen atoms in total. The zero-order valence-electron chi connectivity index (χ0n) is 16.8. The van der Waals surface area contributed by atoms with Crippen LogP contribution < -0.4 is 10.9 Å². The number of benzene rings is 1. The summed E-state index contributed by atoms with van der Waals surface area (Å²) in [6, 6.07) is 6.71. The number of anilines is 1. The number of nitrogens with one attached hydrogen (secondary N) is 1. The Morgan fingerprint density at radius 3 is 2.87 bits per heavy atom. The first-order chi connectivity index (χ1) is 14.6. The fourth-order valence-corrected chi connectivity index (χ4v) is 4.97. The Bertz CT molecular complexity index is 1160. The molecule has 2 heterocycles. The van der Waals surface area contributed by atoms with Crippen LogP contribution in [0.3, 0.4) is 0 Å². The molecule has 2 aromatic heterocycles. The predicted molar refractivity (Wildman–Crippen MR) is 116 cm³/mol. The van der Waals surface area contributed by atoms with Crippen LogP contribution in [0.2, 0.25) is 0 Å². The minimum absolute atomic E-state index is 0.0841. The second-order valence-corrected chi connectivity index (χ2v) is 8.28. The maximum absolute atomic E-state index is 13.0. The van der Waals surface area contributed by atoms with Gasteiger partial charge in [-0.3, -0.25) is 14.2 Å². The number of hydrogen-bond donors (Lipinski definition) is 1. The van der Waals surface area contributed by atoms with Crippen molar-refractivity contribution in [3.8, 4) is 0 Å². The highest BCUT2D eigenvalue weighted by molar-refractivity contribution is 7.18. The minimum Gasteiger partial charge on any atom is -0.462 e. The second-order valence-electron chi connectivity index (χ2n) is 7.20. The third-order valence-electron chi connectivity index (χ3n) is 5.22. The monoisotopic (exact) mass is 425 g/mol. The molecule has 0 saturated carbocycles. The number of carbonyl (C=O) groups excluding carboxylic acids is 2. The van der Waals surface area contributed by atoms with Gasteiger partial charge in [-0.15, -0.1) is 11.3 Å². The molecule has 4 rings (SSSR count). The average Bonchev–Trinajstić information content (AvgIpc) is 3.13. The molecule has 3 aromatic rings. The lowest BCUT2D eigenvalue weighted by Gasteiger charge is -2.11. The summed E-state index contributed by atoms with van der Waals surface area (Å²) in [5.74, 6) is -0.771. The molecule has 1 aromatic carbocycles. The van der Waals surface area contributed by atoms with Gasteiger partial charge in [0.1, 0.15) is 4.83 Å². The van der Waals surface area contributed by atoms with E-state index >= 15 is 0 Å². The molecule has 1 N–H and O–H groups in total. The van der Waals surface area contributed by atoms with Crippen molar-refractivity contribution in [3.05, 3.63) is 57.0 Å². The van der Waals surface area contributed by atoms with Gasteiger partial charge in [0.25, 0.3) is 5.56 Å². The third kappa shape index (κ3) is 4.00. The van der Waals surface area contributed by atoms with Gasteiger partial charge in [0.05, 0.1) is 29.6 Å². The predicted octanol–water partition coefficient (Wildman–Crippen LogP) is 3.54. The molecule has 0 atom stereocenters. The van der Waals surface area contributed by atoms with Gasteiger partial charge < -0.3 is 10.1 Å². The van der Waals surface area contributed by atoms with Crippen molar-refractivity contribution in [3.63, 3.8) is 0 Å². The van der Waals surface area contributed by atoms with Crippen molar-refractivity contribution in [1.29, 1.82) is 0 Å². The van der Waals surface area contributed by atoms with Gasteiger partial charge in [-0.25, -0.2) is 9.78 Å². The van der Waals surface area contributed by atoms with Crippen molar-refractivity contribution >= 4 is 39.1 Å². The number of aromatic nitrogens is 2. The van der Waals surface area contributed by atoms with Gasteiger partial charge in [-0.1, -0.05) is 12.1 Å². The Labute approximate surface area is 177 Å². The number of thiophene rings is 1. The molecule has 1 aliphatic carbocycles. The molecule has 0 saturated heterocycles. The molecule has 0 radical (unpaired) electrons. The number of carbonyl (C=O) groups is 2. The fraction of sp³-hybridized carbons (Fsp3) is 0.364. The van der Waals surface area contributed by atoms with E-state index in [2.05, 4.69) is 10.3 Å². The molecular formula is C22H23N3O4S. The summed E-state index contributed by atoms with van der Waals surface area (Å²) in [5, 5.41) is 3.46. The molecule has 0 unspecified atom stereocenters. The van der Waals surface area contributed by atoms with Crippen molar-refractivity contribution in [2.24, 2.45) is 0 Å². The number of ether oxygens (including phenoxy) is 1. The quantitative estimate of drug-likeness (QED) is 0.610. The van der Waals surface area contributed by atoms with Crippen LogP contribution in [0.1, 0.15) is 47.0 Å². The van der Waals surface area contributed by atoms with Gasteiger partial charge >= 0.3 is 5.97 Å². The van der Waals surface area contributed by atoms with E-state index in [4.69, 9.17) is 4.74 Å². The van der Waals surface area contributed by atoms with E-state index in [-0.39, 0.29) is 31.0 Å². The maximum Gasteiger partial charge on any atom is 0.340 e. The smallest absolute Gasteiger partial charge is 0.340 e. The first kappa shape index (κ1) is 20.3.